The fourth-order valence-electron chi connectivity index (χ4n) is 3.10. The van der Waals surface area contributed by atoms with Crippen LogP contribution in [0.25, 0.3) is 0 Å². The molecule has 0 aliphatic rings. The van der Waals surface area contributed by atoms with Gasteiger partial charge in [-0.25, -0.2) is 0 Å². The van der Waals surface area contributed by atoms with Crippen LogP contribution >= 0.6 is 24.2 Å². The van der Waals surface area contributed by atoms with E-state index in [1.54, 1.807) is 58.9 Å². The van der Waals surface area contributed by atoms with E-state index in [2.05, 4.69) is 33.9 Å². The summed E-state index contributed by atoms with van der Waals surface area (Å²) in [6, 6.07) is 5.10. The number of carbonyl (C=O) groups is 5. The molecule has 212 valence electrons. The third kappa shape index (κ3) is 12.6. The van der Waals surface area contributed by atoms with Crippen molar-refractivity contribution in [1.29, 1.82) is 0 Å². The summed E-state index contributed by atoms with van der Waals surface area (Å²) in [6.07, 6.45) is 1.34. The molecule has 0 saturated heterocycles. The van der Waals surface area contributed by atoms with Crippen LogP contribution in [0.5, 0.6) is 0 Å². The van der Waals surface area contributed by atoms with E-state index >= 15 is 0 Å². The molecule has 0 aliphatic carbocycles. The van der Waals surface area contributed by atoms with Crippen LogP contribution in [0.4, 0.5) is 5.69 Å². The van der Waals surface area contributed by atoms with Gasteiger partial charge in [0.05, 0.1) is 0 Å². The summed E-state index contributed by atoms with van der Waals surface area (Å²) in [5.41, 5.74) is 1.25. The molecular formula is C26H39ClN4O6S. The summed E-state index contributed by atoms with van der Waals surface area (Å²) in [5.74, 6) is -2.19. The minimum Gasteiger partial charge on any atom is -0.460 e. The van der Waals surface area contributed by atoms with Gasteiger partial charge in [-0.1, -0.05) is 26.0 Å². The number of alkyl halides is 1. The van der Waals surface area contributed by atoms with Crippen LogP contribution in [0, 0.1) is 5.92 Å². The molecule has 0 heterocycles. The van der Waals surface area contributed by atoms with Crippen molar-refractivity contribution in [2.45, 2.75) is 77.3 Å². The normalized spacial score (nSPS) is 12.7. The Balaban J connectivity index is 2.54. The van der Waals surface area contributed by atoms with E-state index in [4.69, 9.17) is 16.3 Å². The van der Waals surface area contributed by atoms with Gasteiger partial charge in [0.2, 0.25) is 23.6 Å². The van der Waals surface area contributed by atoms with Gasteiger partial charge in [0, 0.05) is 18.7 Å². The standard InChI is InChI=1S/C26H39ClN4O6S/c1-16(2)22(31-20(32)8-6-7-13-28-21(33)14-27)24(35)29-17(3)23(34)30-19-11-9-18(10-12-19)15-37-25(36)26(4,5)38/h9-12,16-17,22,38H,6-8,13-15H2,1-5H3,(H,28,33)(H,29,35)(H,30,34)(H,31,32)/t17-,22?/m0/s1. The fourth-order valence-corrected chi connectivity index (χ4v) is 3.25. The number of nitrogens with one attached hydrogen (secondary N) is 4. The highest BCUT2D eigenvalue weighted by Crippen LogP contribution is 2.16. The number of rotatable bonds is 15. The predicted octanol–water partition coefficient (Wildman–Crippen LogP) is 2.55. The Kier molecular flexibility index (Phi) is 14.2. The third-order valence-electron chi connectivity index (χ3n) is 5.38. The molecule has 0 bridgehead atoms. The number of halogens is 1. The second-order valence-electron chi connectivity index (χ2n) is 9.78. The zero-order valence-corrected chi connectivity index (χ0v) is 24.2. The minimum atomic E-state index is -0.892. The number of unbranched alkanes of at least 4 members (excludes halogenated alkanes) is 1. The maximum atomic E-state index is 12.8. The molecule has 0 aliphatic heterocycles. The number of carbonyl (C=O) groups excluding carboxylic acids is 5. The average molecular weight is 571 g/mol. The number of hydrogen-bond acceptors (Lipinski definition) is 7. The molecule has 1 rings (SSSR count). The highest BCUT2D eigenvalue weighted by molar-refractivity contribution is 7.82. The molecule has 38 heavy (non-hydrogen) atoms. The minimum absolute atomic E-state index is 0.0798. The molecule has 0 fully saturated rings. The van der Waals surface area contributed by atoms with Crippen LogP contribution in [0.1, 0.15) is 59.4 Å². The molecule has 2 atom stereocenters. The molecule has 1 aromatic carbocycles. The summed E-state index contributed by atoms with van der Waals surface area (Å²) in [4.78, 5) is 60.7. The van der Waals surface area contributed by atoms with Gasteiger partial charge in [-0.2, -0.15) is 12.6 Å². The molecule has 4 amide bonds. The van der Waals surface area contributed by atoms with Gasteiger partial charge in [-0.15, -0.1) is 11.6 Å². The van der Waals surface area contributed by atoms with Crippen molar-refractivity contribution in [3.63, 3.8) is 0 Å². The number of amides is 4. The SMILES string of the molecule is CC(C)C(NC(=O)CCCCNC(=O)CCl)C(=O)N[C@@H](C)C(=O)Nc1ccc(COC(=O)C(C)(C)S)cc1. The van der Waals surface area contributed by atoms with Crippen molar-refractivity contribution < 1.29 is 28.7 Å². The molecular weight excluding hydrogens is 532 g/mol. The van der Waals surface area contributed by atoms with Gasteiger partial charge in [0.25, 0.3) is 0 Å². The van der Waals surface area contributed by atoms with Crippen LogP contribution in [0.15, 0.2) is 24.3 Å². The van der Waals surface area contributed by atoms with E-state index in [1.807, 2.05) is 0 Å². The lowest BCUT2D eigenvalue weighted by molar-refractivity contribution is -0.146. The van der Waals surface area contributed by atoms with Crippen LogP contribution in [0.3, 0.4) is 0 Å². The van der Waals surface area contributed by atoms with Crippen LogP contribution in [-0.4, -0.2) is 58.9 Å². The molecule has 4 N–H and O–H groups in total. The lowest BCUT2D eigenvalue weighted by atomic mass is 10.0. The maximum Gasteiger partial charge on any atom is 0.321 e. The number of anilines is 1. The summed E-state index contributed by atoms with van der Waals surface area (Å²) < 4.78 is 4.32. The van der Waals surface area contributed by atoms with Gasteiger partial charge < -0.3 is 26.0 Å². The Bertz CT molecular complexity index is 965. The molecule has 12 heteroatoms. The lowest BCUT2D eigenvalue weighted by Crippen LogP contribution is -2.53. The number of ether oxygens (including phenoxy) is 1. The molecule has 0 spiro atoms. The quantitative estimate of drug-likeness (QED) is 0.0949. The van der Waals surface area contributed by atoms with E-state index in [0.29, 0.717) is 25.1 Å². The van der Waals surface area contributed by atoms with Crippen LogP contribution in [-0.2, 0) is 35.3 Å². The summed E-state index contributed by atoms with van der Waals surface area (Å²) in [6.45, 7) is 8.93. The molecule has 0 radical (unpaired) electrons. The zero-order valence-electron chi connectivity index (χ0n) is 22.6. The van der Waals surface area contributed by atoms with E-state index in [-0.39, 0.29) is 36.6 Å². The number of hydrogen-bond donors (Lipinski definition) is 5. The Hall–Kier alpha value is -2.79. The molecule has 0 saturated carbocycles. The van der Waals surface area contributed by atoms with Gasteiger partial charge in [0.1, 0.15) is 29.3 Å². The van der Waals surface area contributed by atoms with Gasteiger partial charge in [-0.3, -0.25) is 24.0 Å². The van der Waals surface area contributed by atoms with Crippen molar-refractivity contribution in [3.05, 3.63) is 29.8 Å². The second-order valence-corrected chi connectivity index (χ2v) is 11.2. The molecule has 0 aromatic heterocycles. The number of benzene rings is 1. The van der Waals surface area contributed by atoms with Crippen molar-refractivity contribution in [2.24, 2.45) is 5.92 Å². The summed E-state index contributed by atoms with van der Waals surface area (Å²) in [5, 5.41) is 10.7. The first kappa shape index (κ1) is 33.2. The zero-order chi connectivity index (χ0) is 28.9. The number of thiol groups is 1. The van der Waals surface area contributed by atoms with E-state index in [9.17, 15) is 24.0 Å². The number of esters is 1. The first-order valence-electron chi connectivity index (χ1n) is 12.5. The lowest BCUT2D eigenvalue weighted by Gasteiger charge is -2.24. The van der Waals surface area contributed by atoms with Crippen LogP contribution in [0.2, 0.25) is 0 Å². The topological polar surface area (TPSA) is 143 Å². The average Bonchev–Trinajstić information content (AvgIpc) is 2.85. The van der Waals surface area contributed by atoms with Crippen molar-refractivity contribution >= 4 is 59.5 Å². The van der Waals surface area contributed by atoms with Crippen molar-refractivity contribution in [3.8, 4) is 0 Å². The fraction of sp³-hybridized carbons (Fsp3) is 0.577. The smallest absolute Gasteiger partial charge is 0.321 e. The summed E-state index contributed by atoms with van der Waals surface area (Å²) >= 11 is 9.58. The monoisotopic (exact) mass is 570 g/mol. The third-order valence-corrected chi connectivity index (χ3v) is 5.81. The molecule has 1 unspecified atom stereocenters. The highest BCUT2D eigenvalue weighted by Gasteiger charge is 2.27. The largest absolute Gasteiger partial charge is 0.460 e. The Labute approximate surface area is 234 Å². The summed E-state index contributed by atoms with van der Waals surface area (Å²) in [7, 11) is 0. The maximum absolute atomic E-state index is 12.8. The van der Waals surface area contributed by atoms with E-state index < -0.39 is 34.6 Å². The van der Waals surface area contributed by atoms with Gasteiger partial charge in [0.15, 0.2) is 0 Å². The van der Waals surface area contributed by atoms with Crippen molar-refractivity contribution in [2.75, 3.05) is 17.7 Å². The van der Waals surface area contributed by atoms with E-state index in [1.165, 1.54) is 0 Å². The molecule has 10 nitrogen and oxygen atoms in total. The first-order valence-corrected chi connectivity index (χ1v) is 13.4. The van der Waals surface area contributed by atoms with Gasteiger partial charge in [-0.05, 0) is 57.2 Å². The first-order chi connectivity index (χ1) is 17.7. The Morgan fingerprint density at radius 3 is 2.13 bits per heavy atom. The highest BCUT2D eigenvalue weighted by atomic mass is 35.5. The van der Waals surface area contributed by atoms with Gasteiger partial charge >= 0.3 is 5.97 Å². The van der Waals surface area contributed by atoms with Crippen LogP contribution < -0.4 is 21.3 Å². The Morgan fingerprint density at radius 1 is 0.947 bits per heavy atom. The second kappa shape index (κ2) is 16.2. The Morgan fingerprint density at radius 2 is 1.58 bits per heavy atom. The predicted molar refractivity (Wildman–Crippen MR) is 150 cm³/mol. The van der Waals surface area contributed by atoms with Crippen molar-refractivity contribution in [1.82, 2.24) is 16.0 Å². The van der Waals surface area contributed by atoms with E-state index in [0.717, 1.165) is 5.56 Å². The molecule has 1 aromatic rings.